The predicted molar refractivity (Wildman–Crippen MR) is 95.1 cm³/mol. The summed E-state index contributed by atoms with van der Waals surface area (Å²) in [5.41, 5.74) is -0.556. The monoisotopic (exact) mass is 402 g/mol. The van der Waals surface area contributed by atoms with Gasteiger partial charge in [-0.25, -0.2) is 9.97 Å². The van der Waals surface area contributed by atoms with E-state index >= 15 is 0 Å². The highest BCUT2D eigenvalue weighted by atomic mass is 35.5. The largest absolute Gasteiger partial charge is 0.474 e. The maximum absolute atomic E-state index is 12.5. The maximum atomic E-state index is 12.5. The van der Waals surface area contributed by atoms with Gasteiger partial charge >= 0.3 is 6.18 Å². The number of ether oxygens (including phenoxy) is 1. The molecule has 0 radical (unpaired) electrons. The summed E-state index contributed by atoms with van der Waals surface area (Å²) in [4.78, 5) is 19.8. The minimum absolute atomic E-state index is 0.0976. The molecule has 0 aliphatic heterocycles. The summed E-state index contributed by atoms with van der Waals surface area (Å²) in [7, 11) is 0. The number of amides is 1. The fourth-order valence-corrected chi connectivity index (χ4v) is 2.21. The molecule has 0 spiro atoms. The van der Waals surface area contributed by atoms with E-state index in [1.54, 1.807) is 0 Å². The topological polar surface area (TPSA) is 76.1 Å². The fraction of sp³-hybridized carbons (Fsp3) is 0.353. The van der Waals surface area contributed by atoms with E-state index in [-0.39, 0.29) is 47.4 Å². The lowest BCUT2D eigenvalue weighted by Crippen LogP contribution is -2.29. The second kappa shape index (κ2) is 8.90. The van der Waals surface area contributed by atoms with Gasteiger partial charge in [-0.15, -0.1) is 0 Å². The Morgan fingerprint density at radius 1 is 1.22 bits per heavy atom. The molecule has 2 rings (SSSR count). The summed E-state index contributed by atoms with van der Waals surface area (Å²) in [5, 5.41) is 5.69. The van der Waals surface area contributed by atoms with Crippen molar-refractivity contribution >= 4 is 23.3 Å². The van der Waals surface area contributed by atoms with Crippen molar-refractivity contribution in [3.05, 3.63) is 46.7 Å². The van der Waals surface area contributed by atoms with Gasteiger partial charge in [-0.1, -0.05) is 11.6 Å². The van der Waals surface area contributed by atoms with Crippen LogP contribution < -0.4 is 15.4 Å². The van der Waals surface area contributed by atoms with Crippen molar-refractivity contribution in [3.8, 4) is 5.88 Å². The number of rotatable bonds is 7. The summed E-state index contributed by atoms with van der Waals surface area (Å²) in [6, 6.07) is 3.61. The Labute approximate surface area is 159 Å². The third kappa shape index (κ3) is 6.28. The number of hydrogen-bond acceptors (Lipinski definition) is 5. The van der Waals surface area contributed by atoms with Crippen LogP contribution in [0.5, 0.6) is 5.88 Å². The zero-order chi connectivity index (χ0) is 20.0. The van der Waals surface area contributed by atoms with E-state index in [4.69, 9.17) is 16.3 Å². The second-order valence-corrected chi connectivity index (χ2v) is 6.20. The van der Waals surface area contributed by atoms with Gasteiger partial charge in [-0.2, -0.15) is 13.2 Å². The SMILES string of the molecule is CC(C)Oc1ncc(C(=O)NCCNc2ccc(C(F)(F)F)cn2)cc1Cl. The van der Waals surface area contributed by atoms with Crippen LogP contribution >= 0.6 is 11.6 Å². The summed E-state index contributed by atoms with van der Waals surface area (Å²) in [6.45, 7) is 4.16. The molecule has 27 heavy (non-hydrogen) atoms. The quantitative estimate of drug-likeness (QED) is 0.689. The molecule has 0 bridgehead atoms. The van der Waals surface area contributed by atoms with Crippen LogP contribution in [0.4, 0.5) is 19.0 Å². The Morgan fingerprint density at radius 3 is 2.52 bits per heavy atom. The lowest BCUT2D eigenvalue weighted by Gasteiger charge is -2.11. The molecule has 2 aromatic rings. The van der Waals surface area contributed by atoms with Gasteiger partial charge in [-0.05, 0) is 32.0 Å². The molecule has 0 saturated carbocycles. The van der Waals surface area contributed by atoms with E-state index < -0.39 is 11.7 Å². The molecule has 1 amide bonds. The molecular formula is C17H18ClF3N4O2. The molecule has 0 fully saturated rings. The summed E-state index contributed by atoms with van der Waals surface area (Å²) in [6.07, 6.45) is -2.43. The second-order valence-electron chi connectivity index (χ2n) is 5.79. The van der Waals surface area contributed by atoms with Crippen LogP contribution in [-0.2, 0) is 6.18 Å². The first-order chi connectivity index (χ1) is 12.7. The number of alkyl halides is 3. The van der Waals surface area contributed by atoms with Gasteiger partial charge in [0.2, 0.25) is 5.88 Å². The van der Waals surface area contributed by atoms with E-state index in [0.29, 0.717) is 0 Å². The third-order valence-electron chi connectivity index (χ3n) is 3.22. The van der Waals surface area contributed by atoms with E-state index in [1.807, 2.05) is 13.8 Å². The normalized spacial score (nSPS) is 11.4. The minimum atomic E-state index is -4.43. The number of aromatic nitrogens is 2. The van der Waals surface area contributed by atoms with Crippen LogP contribution in [0.2, 0.25) is 5.02 Å². The number of pyridine rings is 2. The van der Waals surface area contributed by atoms with Gasteiger partial charge < -0.3 is 15.4 Å². The van der Waals surface area contributed by atoms with Crippen LogP contribution in [0, 0.1) is 0 Å². The first-order valence-corrected chi connectivity index (χ1v) is 8.42. The van der Waals surface area contributed by atoms with Gasteiger partial charge in [0, 0.05) is 25.5 Å². The van der Waals surface area contributed by atoms with Crippen molar-refractivity contribution < 1.29 is 22.7 Å². The fourth-order valence-electron chi connectivity index (χ4n) is 1.99. The molecule has 0 saturated heterocycles. The Balaban J connectivity index is 1.81. The summed E-state index contributed by atoms with van der Waals surface area (Å²) >= 11 is 6.04. The van der Waals surface area contributed by atoms with Gasteiger partial charge in [0.05, 0.1) is 17.2 Å². The van der Waals surface area contributed by atoms with Crippen LogP contribution in [0.15, 0.2) is 30.6 Å². The Kier molecular flexibility index (Phi) is 6.84. The zero-order valence-electron chi connectivity index (χ0n) is 14.6. The maximum Gasteiger partial charge on any atom is 0.417 e. The van der Waals surface area contributed by atoms with Crippen LogP contribution in [-0.4, -0.2) is 35.1 Å². The molecule has 2 aromatic heterocycles. The highest BCUT2D eigenvalue weighted by Crippen LogP contribution is 2.28. The number of halogens is 4. The van der Waals surface area contributed by atoms with Crippen molar-refractivity contribution in [1.29, 1.82) is 0 Å². The Bertz CT molecular complexity index is 783. The average molecular weight is 403 g/mol. The summed E-state index contributed by atoms with van der Waals surface area (Å²) < 4.78 is 42.8. The van der Waals surface area contributed by atoms with Crippen molar-refractivity contribution in [1.82, 2.24) is 15.3 Å². The standard InChI is InChI=1S/C17H18ClF3N4O2/c1-10(2)27-16-13(18)7-11(8-25-16)15(26)23-6-5-22-14-4-3-12(9-24-14)17(19,20)21/h3-4,7-10H,5-6H2,1-2H3,(H,22,24)(H,23,26). The number of carbonyl (C=O) groups is 1. The van der Waals surface area contributed by atoms with Gasteiger partial charge in [0.1, 0.15) is 10.8 Å². The molecule has 0 aromatic carbocycles. The number of anilines is 1. The molecule has 0 atom stereocenters. The number of nitrogens with one attached hydrogen (secondary N) is 2. The smallest absolute Gasteiger partial charge is 0.417 e. The van der Waals surface area contributed by atoms with Gasteiger partial charge in [-0.3, -0.25) is 4.79 Å². The molecule has 146 valence electrons. The van der Waals surface area contributed by atoms with Crippen molar-refractivity contribution in [3.63, 3.8) is 0 Å². The number of hydrogen-bond donors (Lipinski definition) is 2. The zero-order valence-corrected chi connectivity index (χ0v) is 15.4. The molecule has 2 heterocycles. The Morgan fingerprint density at radius 2 is 1.96 bits per heavy atom. The molecule has 10 heteroatoms. The van der Waals surface area contributed by atoms with Gasteiger partial charge in [0.15, 0.2) is 0 Å². The molecule has 0 unspecified atom stereocenters. The highest BCUT2D eigenvalue weighted by Gasteiger charge is 2.30. The van der Waals surface area contributed by atoms with E-state index in [0.717, 1.165) is 12.3 Å². The minimum Gasteiger partial charge on any atom is -0.474 e. The lowest BCUT2D eigenvalue weighted by atomic mass is 10.2. The van der Waals surface area contributed by atoms with E-state index in [1.165, 1.54) is 18.3 Å². The molecule has 2 N–H and O–H groups in total. The first-order valence-electron chi connectivity index (χ1n) is 8.04. The van der Waals surface area contributed by atoms with Crippen molar-refractivity contribution in [2.75, 3.05) is 18.4 Å². The van der Waals surface area contributed by atoms with Crippen LogP contribution in [0.25, 0.3) is 0 Å². The molecular weight excluding hydrogens is 385 g/mol. The van der Waals surface area contributed by atoms with Crippen LogP contribution in [0.3, 0.4) is 0 Å². The lowest BCUT2D eigenvalue weighted by molar-refractivity contribution is -0.137. The van der Waals surface area contributed by atoms with E-state index in [9.17, 15) is 18.0 Å². The first kappa shape index (κ1) is 20.8. The Hall–Kier alpha value is -2.55. The summed E-state index contributed by atoms with van der Waals surface area (Å²) in [5.74, 6) is 0.137. The molecule has 0 aliphatic carbocycles. The molecule has 0 aliphatic rings. The average Bonchev–Trinajstić information content (AvgIpc) is 2.59. The third-order valence-corrected chi connectivity index (χ3v) is 3.50. The molecule has 6 nitrogen and oxygen atoms in total. The van der Waals surface area contributed by atoms with Crippen LogP contribution in [0.1, 0.15) is 29.8 Å². The number of nitrogens with zero attached hydrogens (tertiary/aromatic N) is 2. The van der Waals surface area contributed by atoms with E-state index in [2.05, 4.69) is 20.6 Å². The van der Waals surface area contributed by atoms with Gasteiger partial charge in [0.25, 0.3) is 5.91 Å². The van der Waals surface area contributed by atoms with Crippen molar-refractivity contribution in [2.45, 2.75) is 26.1 Å². The van der Waals surface area contributed by atoms with Crippen molar-refractivity contribution in [2.24, 2.45) is 0 Å². The number of carbonyl (C=O) groups excluding carboxylic acids is 1. The predicted octanol–water partition coefficient (Wildman–Crippen LogP) is 3.78. The highest BCUT2D eigenvalue weighted by molar-refractivity contribution is 6.32.